The van der Waals surface area contributed by atoms with Gasteiger partial charge in [-0.1, -0.05) is 42.5 Å². The molecule has 0 aliphatic heterocycles. The lowest BCUT2D eigenvalue weighted by molar-refractivity contribution is 1.09. The Morgan fingerprint density at radius 1 is 0.750 bits per heavy atom. The Hall–Kier alpha value is -2.39. The Balaban J connectivity index is 1.96. The number of thiophene rings is 1. The van der Waals surface area contributed by atoms with Gasteiger partial charge in [0.25, 0.3) is 0 Å². The third kappa shape index (κ3) is 2.95. The summed E-state index contributed by atoms with van der Waals surface area (Å²) in [6.07, 6.45) is 1.89. The summed E-state index contributed by atoms with van der Waals surface area (Å²) >= 11 is 1.68. The summed E-state index contributed by atoms with van der Waals surface area (Å²) in [7, 11) is 0. The third-order valence-corrected chi connectivity index (χ3v) is 3.65. The Kier molecular flexibility index (Phi) is 3.90. The van der Waals surface area contributed by atoms with Crippen LogP contribution in [0.15, 0.2) is 83.3 Å². The molecule has 0 saturated heterocycles. The van der Waals surface area contributed by atoms with Gasteiger partial charge in [0.1, 0.15) is 0 Å². The molecule has 3 rings (SSSR count). The molecule has 0 unspecified atom stereocenters. The van der Waals surface area contributed by atoms with E-state index < -0.39 is 0 Å². The second-order valence-electron chi connectivity index (χ2n) is 4.24. The van der Waals surface area contributed by atoms with Crippen LogP contribution in [-0.4, -0.2) is 6.21 Å². The molecule has 0 aliphatic carbocycles. The van der Waals surface area contributed by atoms with Crippen LogP contribution in [0.25, 0.3) is 0 Å². The fraction of sp³-hybridized carbons (Fsp3) is 0. The van der Waals surface area contributed by atoms with E-state index in [-0.39, 0.29) is 0 Å². The molecule has 1 aromatic heterocycles. The first-order valence-electron chi connectivity index (χ1n) is 6.41. The Morgan fingerprint density at radius 3 is 1.85 bits per heavy atom. The first-order valence-corrected chi connectivity index (χ1v) is 7.29. The molecule has 0 amide bonds. The van der Waals surface area contributed by atoms with Crippen molar-refractivity contribution in [1.29, 1.82) is 0 Å². The lowest BCUT2D eigenvalue weighted by Crippen LogP contribution is -2.08. The van der Waals surface area contributed by atoms with Gasteiger partial charge < -0.3 is 0 Å². The van der Waals surface area contributed by atoms with Crippen molar-refractivity contribution in [1.82, 2.24) is 0 Å². The van der Waals surface area contributed by atoms with Crippen LogP contribution in [0.3, 0.4) is 0 Å². The maximum Gasteiger partial charge on any atom is 0.0652 e. The van der Waals surface area contributed by atoms with Crippen molar-refractivity contribution < 1.29 is 0 Å². The van der Waals surface area contributed by atoms with Crippen molar-refractivity contribution in [3.05, 3.63) is 83.1 Å². The molecule has 1 heterocycles. The van der Waals surface area contributed by atoms with Gasteiger partial charge in [-0.05, 0) is 35.7 Å². The zero-order valence-corrected chi connectivity index (χ0v) is 11.7. The van der Waals surface area contributed by atoms with Crippen LogP contribution < -0.4 is 5.01 Å². The highest BCUT2D eigenvalue weighted by atomic mass is 32.1. The molecule has 0 radical (unpaired) electrons. The second kappa shape index (κ2) is 6.17. The number of rotatable bonds is 4. The minimum Gasteiger partial charge on any atom is -0.234 e. The van der Waals surface area contributed by atoms with Gasteiger partial charge in [0, 0.05) is 4.88 Å². The molecule has 0 saturated carbocycles. The summed E-state index contributed by atoms with van der Waals surface area (Å²) in [5, 5.41) is 8.62. The molecule has 2 nitrogen and oxygen atoms in total. The highest BCUT2D eigenvalue weighted by Crippen LogP contribution is 2.25. The first-order chi connectivity index (χ1) is 9.93. The molecule has 0 spiro atoms. The van der Waals surface area contributed by atoms with Crippen LogP contribution in [0.5, 0.6) is 0 Å². The zero-order chi connectivity index (χ0) is 13.6. The monoisotopic (exact) mass is 278 g/mol. The molecule has 2 aromatic carbocycles. The van der Waals surface area contributed by atoms with Crippen LogP contribution in [0, 0.1) is 0 Å². The van der Waals surface area contributed by atoms with Crippen LogP contribution in [-0.2, 0) is 0 Å². The van der Waals surface area contributed by atoms with Crippen molar-refractivity contribution in [2.45, 2.75) is 0 Å². The Labute approximate surface area is 122 Å². The van der Waals surface area contributed by atoms with E-state index in [1.807, 2.05) is 53.7 Å². The number of anilines is 2. The molecule has 20 heavy (non-hydrogen) atoms. The Bertz CT molecular complexity index is 621. The predicted molar refractivity (Wildman–Crippen MR) is 86.9 cm³/mol. The molecular weight excluding hydrogens is 264 g/mol. The summed E-state index contributed by atoms with van der Waals surface area (Å²) in [4.78, 5) is 1.14. The van der Waals surface area contributed by atoms with E-state index in [2.05, 4.69) is 40.8 Å². The molecule has 0 bridgehead atoms. The van der Waals surface area contributed by atoms with E-state index in [0.717, 1.165) is 16.3 Å². The van der Waals surface area contributed by atoms with Gasteiger partial charge in [0.05, 0.1) is 17.6 Å². The molecule has 0 aliphatic rings. The minimum absolute atomic E-state index is 1.05. The molecule has 0 fully saturated rings. The first kappa shape index (κ1) is 12.6. The smallest absolute Gasteiger partial charge is 0.0652 e. The quantitative estimate of drug-likeness (QED) is 0.488. The van der Waals surface area contributed by atoms with Crippen LogP contribution >= 0.6 is 11.3 Å². The second-order valence-corrected chi connectivity index (χ2v) is 5.22. The third-order valence-electron chi connectivity index (χ3n) is 2.85. The van der Waals surface area contributed by atoms with E-state index in [4.69, 9.17) is 0 Å². The molecule has 3 aromatic rings. The number of hydrogen-bond acceptors (Lipinski definition) is 3. The van der Waals surface area contributed by atoms with Gasteiger partial charge in [0.2, 0.25) is 0 Å². The summed E-state index contributed by atoms with van der Waals surface area (Å²) in [5.41, 5.74) is 2.10. The van der Waals surface area contributed by atoms with Gasteiger partial charge in [-0.2, -0.15) is 5.10 Å². The van der Waals surface area contributed by atoms with Crippen molar-refractivity contribution in [2.24, 2.45) is 5.10 Å². The largest absolute Gasteiger partial charge is 0.234 e. The van der Waals surface area contributed by atoms with Crippen molar-refractivity contribution in [3.63, 3.8) is 0 Å². The number of benzene rings is 2. The highest BCUT2D eigenvalue weighted by molar-refractivity contribution is 7.11. The number of para-hydroxylation sites is 2. The van der Waals surface area contributed by atoms with E-state index >= 15 is 0 Å². The lowest BCUT2D eigenvalue weighted by Gasteiger charge is -2.18. The lowest BCUT2D eigenvalue weighted by atomic mass is 10.2. The van der Waals surface area contributed by atoms with Gasteiger partial charge >= 0.3 is 0 Å². The van der Waals surface area contributed by atoms with Crippen molar-refractivity contribution >= 4 is 28.9 Å². The normalized spacial score (nSPS) is 10.8. The molecule has 98 valence electrons. The Morgan fingerprint density at radius 2 is 1.35 bits per heavy atom. The predicted octanol–water partition coefficient (Wildman–Crippen LogP) is 4.92. The summed E-state index contributed by atoms with van der Waals surface area (Å²) in [6, 6.07) is 24.4. The number of nitrogens with zero attached hydrogens (tertiary/aromatic N) is 2. The molecule has 3 heteroatoms. The number of hydrazone groups is 1. The molecule has 0 N–H and O–H groups in total. The minimum atomic E-state index is 1.05. The van der Waals surface area contributed by atoms with E-state index in [9.17, 15) is 0 Å². The standard InChI is InChI=1S/C17H14N2S/c1-3-8-15(9-4-1)19(16-10-5-2-6-11-16)18-14-17-12-7-13-20-17/h1-14H/b18-14-. The molecule has 0 atom stereocenters. The zero-order valence-electron chi connectivity index (χ0n) is 10.9. The van der Waals surface area contributed by atoms with E-state index in [1.54, 1.807) is 11.3 Å². The molecular formula is C17H14N2S. The summed E-state index contributed by atoms with van der Waals surface area (Å²) < 4.78 is 0. The van der Waals surface area contributed by atoms with Gasteiger partial charge in [0.15, 0.2) is 0 Å². The van der Waals surface area contributed by atoms with Gasteiger partial charge in [-0.15, -0.1) is 11.3 Å². The fourth-order valence-electron chi connectivity index (χ4n) is 1.90. The SMILES string of the molecule is C(=N/N(c1ccccc1)c1ccccc1)/c1cccs1. The van der Waals surface area contributed by atoms with E-state index in [1.165, 1.54) is 0 Å². The van der Waals surface area contributed by atoms with Crippen LogP contribution in [0.2, 0.25) is 0 Å². The van der Waals surface area contributed by atoms with Crippen molar-refractivity contribution in [2.75, 3.05) is 5.01 Å². The highest BCUT2D eigenvalue weighted by Gasteiger charge is 2.06. The van der Waals surface area contributed by atoms with Crippen molar-refractivity contribution in [3.8, 4) is 0 Å². The average Bonchev–Trinajstić information content (AvgIpc) is 3.03. The number of hydrogen-bond donors (Lipinski definition) is 0. The fourth-order valence-corrected chi connectivity index (χ4v) is 2.48. The maximum atomic E-state index is 4.63. The van der Waals surface area contributed by atoms with Gasteiger partial charge in [-0.25, -0.2) is 5.01 Å². The van der Waals surface area contributed by atoms with Gasteiger partial charge in [-0.3, -0.25) is 0 Å². The maximum absolute atomic E-state index is 4.63. The summed E-state index contributed by atoms with van der Waals surface area (Å²) in [5.74, 6) is 0. The summed E-state index contributed by atoms with van der Waals surface area (Å²) in [6.45, 7) is 0. The van der Waals surface area contributed by atoms with E-state index in [0.29, 0.717) is 0 Å². The average molecular weight is 278 g/mol. The van der Waals surface area contributed by atoms with Crippen LogP contribution in [0.4, 0.5) is 11.4 Å². The topological polar surface area (TPSA) is 15.6 Å². The van der Waals surface area contributed by atoms with Crippen LogP contribution in [0.1, 0.15) is 4.88 Å².